The van der Waals surface area contributed by atoms with Gasteiger partial charge in [-0.1, -0.05) is 35.9 Å². The van der Waals surface area contributed by atoms with Crippen LogP contribution in [0.4, 0.5) is 32.0 Å². The Hall–Kier alpha value is -3.90. The van der Waals surface area contributed by atoms with Crippen molar-refractivity contribution in [3.63, 3.8) is 0 Å². The summed E-state index contributed by atoms with van der Waals surface area (Å²) in [5.74, 6) is -6.02. The number of hydrogen-bond acceptors (Lipinski definition) is 5. The van der Waals surface area contributed by atoms with Crippen LogP contribution in [0.15, 0.2) is 72.8 Å². The quantitative estimate of drug-likeness (QED) is 0.242. The molecule has 3 aromatic rings. The highest BCUT2D eigenvalue weighted by Crippen LogP contribution is 2.53. The zero-order valence-corrected chi connectivity index (χ0v) is 21.6. The number of hydrogen-bond donors (Lipinski definition) is 1. The van der Waals surface area contributed by atoms with Gasteiger partial charge in [-0.25, -0.2) is 4.90 Å². The van der Waals surface area contributed by atoms with Crippen molar-refractivity contribution in [3.8, 4) is 0 Å². The second kappa shape index (κ2) is 9.88. The zero-order chi connectivity index (χ0) is 29.9. The molecule has 2 amide bonds. The van der Waals surface area contributed by atoms with E-state index in [9.17, 15) is 40.7 Å². The van der Waals surface area contributed by atoms with Crippen LogP contribution in [0.3, 0.4) is 0 Å². The standard InChI is InChI=1S/C28H19ClF6N2O4/c1-41-25(40)22-20-21(24(39)37(23(20)38)19-10-8-18(29)9-11-19)26(36-22,14-4-2-6-16(12-14)27(30,31)32)15-5-3-7-17(13-15)28(33,34)35/h2-13,20-22,36H,1H3/t20-,21+,22-/m1/s1. The average molecular weight is 597 g/mol. The van der Waals surface area contributed by atoms with Gasteiger partial charge in [-0.15, -0.1) is 0 Å². The number of halogens is 7. The van der Waals surface area contributed by atoms with Gasteiger partial charge in [-0.3, -0.25) is 19.7 Å². The van der Waals surface area contributed by atoms with Crippen LogP contribution in [0.5, 0.6) is 0 Å². The summed E-state index contributed by atoms with van der Waals surface area (Å²) in [6, 6.07) is 11.3. The summed E-state index contributed by atoms with van der Waals surface area (Å²) in [6.45, 7) is 0. The largest absolute Gasteiger partial charge is 0.468 e. The summed E-state index contributed by atoms with van der Waals surface area (Å²) in [4.78, 5) is 41.6. The van der Waals surface area contributed by atoms with Crippen LogP contribution in [0, 0.1) is 11.8 Å². The Kier molecular flexibility index (Phi) is 6.90. The molecule has 3 aromatic carbocycles. The maximum absolute atomic E-state index is 14.1. The molecule has 0 bridgehead atoms. The summed E-state index contributed by atoms with van der Waals surface area (Å²) in [5.41, 5.74) is -4.95. The number of nitrogens with zero attached hydrogens (tertiary/aromatic N) is 1. The summed E-state index contributed by atoms with van der Waals surface area (Å²) in [7, 11) is 1.01. The SMILES string of the molecule is COC(=O)[C@@H]1NC(c2cccc(C(F)(F)F)c2)(c2cccc(C(F)(F)F)c2)[C@@H]2C(=O)N(c3ccc(Cl)cc3)C(=O)[C@H]21. The van der Waals surface area contributed by atoms with E-state index in [1.807, 2.05) is 0 Å². The molecule has 6 nitrogen and oxygen atoms in total. The van der Waals surface area contributed by atoms with Gasteiger partial charge in [0.2, 0.25) is 11.8 Å². The fourth-order valence-electron chi connectivity index (χ4n) is 5.66. The van der Waals surface area contributed by atoms with Crippen LogP contribution in [0.25, 0.3) is 0 Å². The van der Waals surface area contributed by atoms with E-state index in [1.54, 1.807) is 0 Å². The molecule has 3 atom stereocenters. The number of carbonyl (C=O) groups is 3. The number of imide groups is 1. The van der Waals surface area contributed by atoms with Gasteiger partial charge < -0.3 is 4.74 Å². The Morgan fingerprint density at radius 1 is 0.854 bits per heavy atom. The lowest BCUT2D eigenvalue weighted by atomic mass is 9.71. The number of esters is 1. The molecule has 0 aromatic heterocycles. The highest BCUT2D eigenvalue weighted by atomic mass is 35.5. The second-order valence-corrected chi connectivity index (χ2v) is 10.0. The van der Waals surface area contributed by atoms with Crippen LogP contribution in [0.2, 0.25) is 5.02 Å². The molecular formula is C28H19ClF6N2O4. The van der Waals surface area contributed by atoms with Crippen LogP contribution >= 0.6 is 11.6 Å². The van der Waals surface area contributed by atoms with Crippen molar-refractivity contribution in [1.82, 2.24) is 5.32 Å². The highest BCUT2D eigenvalue weighted by Gasteiger charge is 2.68. The van der Waals surface area contributed by atoms with E-state index in [0.29, 0.717) is 12.1 Å². The average Bonchev–Trinajstić information content (AvgIpc) is 3.42. The first-order chi connectivity index (χ1) is 19.2. The van der Waals surface area contributed by atoms with Gasteiger partial charge in [-0.2, -0.15) is 26.3 Å². The molecule has 5 rings (SSSR count). The smallest absolute Gasteiger partial charge is 0.416 e. The van der Waals surface area contributed by atoms with Crippen molar-refractivity contribution in [1.29, 1.82) is 0 Å². The third kappa shape index (κ3) is 4.64. The molecule has 0 saturated carbocycles. The number of nitrogens with one attached hydrogen (secondary N) is 1. The van der Waals surface area contributed by atoms with Gasteiger partial charge in [0.1, 0.15) is 6.04 Å². The van der Waals surface area contributed by atoms with Gasteiger partial charge in [0, 0.05) is 5.02 Å². The number of anilines is 1. The molecule has 2 aliphatic heterocycles. The Labute approximate surface area is 233 Å². The lowest BCUT2D eigenvalue weighted by Crippen LogP contribution is -2.52. The Bertz CT molecular complexity index is 1480. The lowest BCUT2D eigenvalue weighted by molar-refractivity contribution is -0.145. The molecule has 0 unspecified atom stereocenters. The fourth-order valence-corrected chi connectivity index (χ4v) is 5.78. The van der Waals surface area contributed by atoms with E-state index in [4.69, 9.17) is 16.3 Å². The summed E-state index contributed by atoms with van der Waals surface area (Å²) in [5, 5.41) is 3.07. The number of ether oxygens (including phenoxy) is 1. The Balaban J connectivity index is 1.81. The predicted molar refractivity (Wildman–Crippen MR) is 134 cm³/mol. The minimum atomic E-state index is -4.85. The molecule has 13 heteroatoms. The minimum absolute atomic E-state index is 0.0596. The summed E-state index contributed by atoms with van der Waals surface area (Å²) >= 11 is 5.94. The van der Waals surface area contributed by atoms with E-state index < -0.39 is 64.7 Å². The third-order valence-electron chi connectivity index (χ3n) is 7.39. The Morgan fingerprint density at radius 3 is 1.83 bits per heavy atom. The molecule has 2 aliphatic rings. The molecule has 0 aliphatic carbocycles. The molecule has 0 spiro atoms. The third-order valence-corrected chi connectivity index (χ3v) is 7.64. The van der Waals surface area contributed by atoms with Crippen LogP contribution < -0.4 is 10.2 Å². The van der Waals surface area contributed by atoms with Crippen LogP contribution in [-0.4, -0.2) is 30.9 Å². The van der Waals surface area contributed by atoms with Crippen LogP contribution in [-0.2, 0) is 37.0 Å². The molecule has 2 saturated heterocycles. The molecule has 2 fully saturated rings. The first-order valence-corrected chi connectivity index (χ1v) is 12.4. The monoisotopic (exact) mass is 596 g/mol. The number of fused-ring (bicyclic) bond motifs is 1. The van der Waals surface area contributed by atoms with Crippen molar-refractivity contribution in [3.05, 3.63) is 100 Å². The van der Waals surface area contributed by atoms with Crippen LogP contribution in [0.1, 0.15) is 22.3 Å². The molecular weight excluding hydrogens is 578 g/mol. The fraction of sp³-hybridized carbons (Fsp3) is 0.250. The maximum atomic E-state index is 14.1. The van der Waals surface area contributed by atoms with Crippen molar-refractivity contribution < 1.29 is 45.5 Å². The number of benzene rings is 3. The number of amides is 2. The van der Waals surface area contributed by atoms with Gasteiger partial charge in [0.25, 0.3) is 0 Å². The molecule has 0 radical (unpaired) electrons. The predicted octanol–water partition coefficient (Wildman–Crippen LogP) is 5.57. The number of methoxy groups -OCH3 is 1. The van der Waals surface area contributed by atoms with Gasteiger partial charge in [0.05, 0.1) is 41.3 Å². The number of alkyl halides is 6. The van der Waals surface area contributed by atoms with Gasteiger partial charge >= 0.3 is 18.3 Å². The molecule has 2 heterocycles. The van der Waals surface area contributed by atoms with Crippen molar-refractivity contribution in [2.75, 3.05) is 12.0 Å². The van der Waals surface area contributed by atoms with E-state index in [0.717, 1.165) is 36.3 Å². The normalized spacial score (nSPS) is 22.1. The zero-order valence-electron chi connectivity index (χ0n) is 20.9. The first-order valence-electron chi connectivity index (χ1n) is 12.0. The molecule has 214 valence electrons. The van der Waals surface area contributed by atoms with Crippen molar-refractivity contribution >= 4 is 35.1 Å². The van der Waals surface area contributed by atoms with Gasteiger partial charge in [0.15, 0.2) is 0 Å². The molecule has 41 heavy (non-hydrogen) atoms. The minimum Gasteiger partial charge on any atom is -0.468 e. The summed E-state index contributed by atoms with van der Waals surface area (Å²) in [6.07, 6.45) is -9.70. The first kappa shape index (κ1) is 28.6. The lowest BCUT2D eigenvalue weighted by Gasteiger charge is -2.37. The Morgan fingerprint density at radius 2 is 1.37 bits per heavy atom. The van der Waals surface area contributed by atoms with E-state index in [-0.39, 0.29) is 21.8 Å². The number of rotatable bonds is 4. The van der Waals surface area contributed by atoms with Gasteiger partial charge in [-0.05, 0) is 59.7 Å². The summed E-state index contributed by atoms with van der Waals surface area (Å²) < 4.78 is 87.7. The maximum Gasteiger partial charge on any atom is 0.416 e. The van der Waals surface area contributed by atoms with Crippen molar-refractivity contribution in [2.45, 2.75) is 23.9 Å². The second-order valence-electron chi connectivity index (χ2n) is 9.60. The highest BCUT2D eigenvalue weighted by molar-refractivity contribution is 6.31. The molecule has 1 N–H and O–H groups in total. The van der Waals surface area contributed by atoms with E-state index in [2.05, 4.69) is 5.32 Å². The number of carbonyl (C=O) groups excluding carboxylic acids is 3. The van der Waals surface area contributed by atoms with E-state index >= 15 is 0 Å². The topological polar surface area (TPSA) is 75.7 Å². The van der Waals surface area contributed by atoms with E-state index in [1.165, 1.54) is 36.4 Å². The van der Waals surface area contributed by atoms with Crippen molar-refractivity contribution in [2.24, 2.45) is 11.8 Å².